The Bertz CT molecular complexity index is 396. The van der Waals surface area contributed by atoms with Gasteiger partial charge < -0.3 is 10.6 Å². The number of rotatable bonds is 2. The Labute approximate surface area is 104 Å². The normalized spacial score (nSPS) is 24.9. The van der Waals surface area contributed by atoms with Crippen LogP contribution in [0.5, 0.6) is 0 Å². The number of nitrogen functional groups attached to an aromatic ring is 1. The Morgan fingerprint density at radius 3 is 2.65 bits per heavy atom. The zero-order valence-corrected chi connectivity index (χ0v) is 11.4. The Hall–Kier alpha value is -1.19. The van der Waals surface area contributed by atoms with E-state index in [1.165, 1.54) is 25.7 Å². The summed E-state index contributed by atoms with van der Waals surface area (Å²) in [5.41, 5.74) is 7.88. The minimum Gasteiger partial charge on any atom is -0.394 e. The quantitative estimate of drug-likeness (QED) is 0.857. The SMILES string of the molecule is Cc1nn(C)c(N(C)C2CCCC(C)C2)c1N. The van der Waals surface area contributed by atoms with Crippen LogP contribution in [0.1, 0.15) is 38.3 Å². The first-order chi connectivity index (χ1) is 8.00. The molecule has 1 aromatic heterocycles. The Morgan fingerprint density at radius 1 is 1.41 bits per heavy atom. The molecule has 1 aromatic rings. The van der Waals surface area contributed by atoms with Gasteiger partial charge in [0.1, 0.15) is 5.82 Å². The second kappa shape index (κ2) is 4.59. The minimum absolute atomic E-state index is 0.607. The molecule has 1 fully saturated rings. The van der Waals surface area contributed by atoms with E-state index in [0.29, 0.717) is 6.04 Å². The summed E-state index contributed by atoms with van der Waals surface area (Å²) in [5.74, 6) is 1.90. The van der Waals surface area contributed by atoms with Gasteiger partial charge in [-0.2, -0.15) is 5.10 Å². The van der Waals surface area contributed by atoms with E-state index in [-0.39, 0.29) is 0 Å². The van der Waals surface area contributed by atoms with Crippen molar-refractivity contribution in [3.8, 4) is 0 Å². The number of hydrogen-bond donors (Lipinski definition) is 1. The topological polar surface area (TPSA) is 47.1 Å². The van der Waals surface area contributed by atoms with Crippen LogP contribution in [-0.4, -0.2) is 22.9 Å². The molecule has 2 N–H and O–H groups in total. The highest BCUT2D eigenvalue weighted by molar-refractivity contribution is 5.66. The largest absolute Gasteiger partial charge is 0.394 e. The van der Waals surface area contributed by atoms with E-state index in [0.717, 1.165) is 23.1 Å². The summed E-state index contributed by atoms with van der Waals surface area (Å²) in [6.07, 6.45) is 5.22. The van der Waals surface area contributed by atoms with Gasteiger partial charge in [-0.3, -0.25) is 4.68 Å². The lowest BCUT2D eigenvalue weighted by Gasteiger charge is -2.35. The maximum absolute atomic E-state index is 6.12. The summed E-state index contributed by atoms with van der Waals surface area (Å²) in [6.45, 7) is 4.31. The summed E-state index contributed by atoms with van der Waals surface area (Å²) in [4.78, 5) is 2.32. The van der Waals surface area contributed by atoms with Crippen LogP contribution in [-0.2, 0) is 7.05 Å². The fourth-order valence-electron chi connectivity index (χ4n) is 3.01. The molecule has 0 bridgehead atoms. The van der Waals surface area contributed by atoms with Gasteiger partial charge in [-0.25, -0.2) is 0 Å². The average Bonchev–Trinajstić information content (AvgIpc) is 2.52. The van der Waals surface area contributed by atoms with Crippen LogP contribution in [0.15, 0.2) is 0 Å². The van der Waals surface area contributed by atoms with Gasteiger partial charge in [-0.1, -0.05) is 19.8 Å². The molecule has 4 heteroatoms. The molecule has 0 aromatic carbocycles. The second-order valence-electron chi connectivity index (χ2n) is 5.48. The number of aromatic nitrogens is 2. The van der Waals surface area contributed by atoms with Gasteiger partial charge in [0, 0.05) is 20.1 Å². The summed E-state index contributed by atoms with van der Waals surface area (Å²) < 4.78 is 1.91. The lowest BCUT2D eigenvalue weighted by Crippen LogP contribution is -2.37. The van der Waals surface area contributed by atoms with Crippen molar-refractivity contribution in [3.05, 3.63) is 5.69 Å². The fraction of sp³-hybridized carbons (Fsp3) is 0.769. The summed E-state index contributed by atoms with van der Waals surface area (Å²) >= 11 is 0. The average molecular weight is 236 g/mol. The molecule has 0 radical (unpaired) electrons. The summed E-state index contributed by atoms with van der Waals surface area (Å²) in [5, 5.41) is 4.40. The first-order valence-corrected chi connectivity index (χ1v) is 6.52. The van der Waals surface area contributed by atoms with Gasteiger partial charge in [0.15, 0.2) is 0 Å². The number of nitrogens with zero attached hydrogens (tertiary/aromatic N) is 3. The molecule has 0 spiro atoms. The zero-order valence-electron chi connectivity index (χ0n) is 11.4. The van der Waals surface area contributed by atoms with E-state index in [4.69, 9.17) is 5.73 Å². The highest BCUT2D eigenvalue weighted by atomic mass is 15.4. The van der Waals surface area contributed by atoms with E-state index in [1.807, 2.05) is 18.7 Å². The standard InChI is InChI=1S/C13H24N4/c1-9-6-5-7-11(8-9)16(3)13-12(14)10(2)15-17(13)4/h9,11H,5-8,14H2,1-4H3. The molecular formula is C13H24N4. The molecule has 96 valence electrons. The van der Waals surface area contributed by atoms with Gasteiger partial charge in [-0.15, -0.1) is 0 Å². The van der Waals surface area contributed by atoms with Crippen LogP contribution in [0.4, 0.5) is 11.5 Å². The molecule has 2 rings (SSSR count). The van der Waals surface area contributed by atoms with Crippen LogP contribution < -0.4 is 10.6 Å². The van der Waals surface area contributed by atoms with E-state index in [9.17, 15) is 0 Å². The predicted octanol–water partition coefficient (Wildman–Crippen LogP) is 2.33. The molecule has 0 amide bonds. The minimum atomic E-state index is 0.607. The highest BCUT2D eigenvalue weighted by Gasteiger charge is 2.25. The van der Waals surface area contributed by atoms with E-state index < -0.39 is 0 Å². The van der Waals surface area contributed by atoms with Gasteiger partial charge in [0.2, 0.25) is 0 Å². The number of aryl methyl sites for hydroxylation is 2. The molecule has 2 unspecified atom stereocenters. The van der Waals surface area contributed by atoms with Crippen molar-refractivity contribution in [1.82, 2.24) is 9.78 Å². The fourth-order valence-corrected chi connectivity index (χ4v) is 3.01. The summed E-state index contributed by atoms with van der Waals surface area (Å²) in [6, 6.07) is 0.607. The molecule has 17 heavy (non-hydrogen) atoms. The maximum atomic E-state index is 6.12. The highest BCUT2D eigenvalue weighted by Crippen LogP contribution is 2.32. The van der Waals surface area contributed by atoms with Gasteiger partial charge >= 0.3 is 0 Å². The first-order valence-electron chi connectivity index (χ1n) is 6.52. The van der Waals surface area contributed by atoms with Gasteiger partial charge in [0.25, 0.3) is 0 Å². The molecule has 2 atom stereocenters. The van der Waals surface area contributed by atoms with Crippen molar-refractivity contribution in [2.24, 2.45) is 13.0 Å². The number of nitrogens with two attached hydrogens (primary N) is 1. The van der Waals surface area contributed by atoms with Crippen molar-refractivity contribution in [2.75, 3.05) is 17.7 Å². The van der Waals surface area contributed by atoms with Crippen molar-refractivity contribution >= 4 is 11.5 Å². The molecule has 1 heterocycles. The van der Waals surface area contributed by atoms with Crippen LogP contribution >= 0.6 is 0 Å². The molecular weight excluding hydrogens is 212 g/mol. The van der Waals surface area contributed by atoms with Crippen molar-refractivity contribution in [1.29, 1.82) is 0 Å². The third-order valence-electron chi connectivity index (χ3n) is 4.03. The predicted molar refractivity (Wildman–Crippen MR) is 72.2 cm³/mol. The smallest absolute Gasteiger partial charge is 0.150 e. The van der Waals surface area contributed by atoms with E-state index in [2.05, 4.69) is 24.0 Å². The van der Waals surface area contributed by atoms with Crippen LogP contribution in [0.2, 0.25) is 0 Å². The molecule has 4 nitrogen and oxygen atoms in total. The number of hydrogen-bond acceptors (Lipinski definition) is 3. The zero-order chi connectivity index (χ0) is 12.6. The van der Waals surface area contributed by atoms with Crippen LogP contribution in [0, 0.1) is 12.8 Å². The first kappa shape index (κ1) is 12.3. The lowest BCUT2D eigenvalue weighted by molar-refractivity contribution is 0.334. The van der Waals surface area contributed by atoms with Crippen LogP contribution in [0.25, 0.3) is 0 Å². The van der Waals surface area contributed by atoms with Crippen molar-refractivity contribution in [2.45, 2.75) is 45.6 Å². The molecule has 1 aliphatic carbocycles. The third-order valence-corrected chi connectivity index (χ3v) is 4.03. The van der Waals surface area contributed by atoms with Gasteiger partial charge in [-0.05, 0) is 25.7 Å². The third kappa shape index (κ3) is 2.26. The summed E-state index contributed by atoms with van der Waals surface area (Å²) in [7, 11) is 4.12. The molecule has 0 aliphatic heterocycles. The Morgan fingerprint density at radius 2 is 2.12 bits per heavy atom. The lowest BCUT2D eigenvalue weighted by atomic mass is 9.86. The van der Waals surface area contributed by atoms with Crippen LogP contribution in [0.3, 0.4) is 0 Å². The maximum Gasteiger partial charge on any atom is 0.150 e. The monoisotopic (exact) mass is 236 g/mol. The molecule has 1 aliphatic rings. The Balaban J connectivity index is 2.21. The van der Waals surface area contributed by atoms with Gasteiger partial charge in [0.05, 0.1) is 11.4 Å². The molecule has 1 saturated carbocycles. The van der Waals surface area contributed by atoms with E-state index in [1.54, 1.807) is 0 Å². The second-order valence-corrected chi connectivity index (χ2v) is 5.48. The van der Waals surface area contributed by atoms with Crippen molar-refractivity contribution < 1.29 is 0 Å². The van der Waals surface area contributed by atoms with Crippen molar-refractivity contribution in [3.63, 3.8) is 0 Å². The van der Waals surface area contributed by atoms with E-state index >= 15 is 0 Å². The Kier molecular flexibility index (Phi) is 3.31. The molecule has 0 saturated heterocycles. The number of anilines is 2.